The smallest absolute Gasteiger partial charge is 0.410 e. The number of ether oxygens (including phenoxy) is 1. The van der Waals surface area contributed by atoms with Crippen LogP contribution in [0.4, 0.5) is 4.79 Å². The van der Waals surface area contributed by atoms with Gasteiger partial charge in [-0.25, -0.2) is 4.79 Å². The van der Waals surface area contributed by atoms with Crippen LogP contribution in [0.2, 0.25) is 0 Å². The lowest BCUT2D eigenvalue weighted by molar-refractivity contribution is 0.0515. The normalized spacial score (nSPS) is 12.9. The van der Waals surface area contributed by atoms with Gasteiger partial charge in [0.15, 0.2) is 0 Å². The van der Waals surface area contributed by atoms with Crippen LogP contribution in [0.15, 0.2) is 60.8 Å². The van der Waals surface area contributed by atoms with Crippen LogP contribution in [0.1, 0.15) is 213 Å². The van der Waals surface area contributed by atoms with Crippen molar-refractivity contribution in [1.29, 1.82) is 0 Å². The third-order valence-corrected chi connectivity index (χ3v) is 10.2. The van der Waals surface area contributed by atoms with Gasteiger partial charge >= 0.3 is 6.09 Å². The highest BCUT2D eigenvalue weighted by atomic mass is 16.6. The highest BCUT2D eigenvalue weighted by Gasteiger charge is 2.20. The Balaban J connectivity index is 4.62. The van der Waals surface area contributed by atoms with Gasteiger partial charge in [0.1, 0.15) is 6.10 Å². The van der Waals surface area contributed by atoms with Crippen LogP contribution in [0.3, 0.4) is 0 Å². The molecular formula is C50H92N2O2. The van der Waals surface area contributed by atoms with Gasteiger partial charge in [-0.05, 0) is 136 Å². The van der Waals surface area contributed by atoms with E-state index in [1.54, 1.807) is 0 Å². The molecule has 0 radical (unpaired) electrons. The molecular weight excluding hydrogens is 661 g/mol. The fourth-order valence-electron chi connectivity index (χ4n) is 6.76. The molecule has 0 fully saturated rings. The first kappa shape index (κ1) is 51.9. The summed E-state index contributed by atoms with van der Waals surface area (Å²) in [5.41, 5.74) is 0. The SMILES string of the molecule is CCC=CCCCN(CCCN(C)C)C(=O)OC(CCCCCCCC=CCC=CCCCCC)CCCCCCCCCC=CCC=CCCCCC. The molecule has 0 saturated carbocycles. The summed E-state index contributed by atoms with van der Waals surface area (Å²) in [6.45, 7) is 9.24. The van der Waals surface area contributed by atoms with E-state index in [0.29, 0.717) is 0 Å². The molecule has 1 unspecified atom stereocenters. The van der Waals surface area contributed by atoms with E-state index >= 15 is 0 Å². The van der Waals surface area contributed by atoms with E-state index < -0.39 is 0 Å². The molecule has 0 spiro atoms. The first-order valence-electron chi connectivity index (χ1n) is 23.4. The van der Waals surface area contributed by atoms with Gasteiger partial charge < -0.3 is 14.5 Å². The maximum absolute atomic E-state index is 13.5. The average molecular weight is 753 g/mol. The lowest BCUT2D eigenvalue weighted by atomic mass is 10.0. The van der Waals surface area contributed by atoms with Gasteiger partial charge in [-0.15, -0.1) is 0 Å². The number of allylic oxidation sites excluding steroid dienone is 10. The molecule has 54 heavy (non-hydrogen) atoms. The second kappa shape index (κ2) is 43.7. The van der Waals surface area contributed by atoms with Crippen molar-refractivity contribution in [2.45, 2.75) is 219 Å². The summed E-state index contributed by atoms with van der Waals surface area (Å²) in [5, 5.41) is 0. The van der Waals surface area contributed by atoms with Gasteiger partial charge in [0.25, 0.3) is 0 Å². The van der Waals surface area contributed by atoms with Crippen molar-refractivity contribution in [3.05, 3.63) is 60.8 Å². The minimum atomic E-state index is -0.0853. The Morgan fingerprint density at radius 2 is 0.833 bits per heavy atom. The van der Waals surface area contributed by atoms with Gasteiger partial charge in [-0.3, -0.25) is 0 Å². The minimum absolute atomic E-state index is 0.0461. The van der Waals surface area contributed by atoms with E-state index in [1.165, 1.54) is 128 Å². The van der Waals surface area contributed by atoms with Crippen LogP contribution in [0, 0.1) is 0 Å². The van der Waals surface area contributed by atoms with Crippen molar-refractivity contribution < 1.29 is 9.53 Å². The van der Waals surface area contributed by atoms with Crippen molar-refractivity contribution >= 4 is 6.09 Å². The summed E-state index contributed by atoms with van der Waals surface area (Å²) in [4.78, 5) is 17.7. The van der Waals surface area contributed by atoms with Gasteiger partial charge in [0.05, 0.1) is 0 Å². The fraction of sp³-hybridized carbons (Fsp3) is 0.780. The van der Waals surface area contributed by atoms with Crippen molar-refractivity contribution in [1.82, 2.24) is 9.80 Å². The van der Waals surface area contributed by atoms with Crippen LogP contribution < -0.4 is 0 Å². The Bertz CT molecular complexity index is 918. The van der Waals surface area contributed by atoms with Gasteiger partial charge in [0.2, 0.25) is 0 Å². The summed E-state index contributed by atoms with van der Waals surface area (Å²) in [6, 6.07) is 0. The highest BCUT2D eigenvalue weighted by Crippen LogP contribution is 2.19. The molecule has 0 aliphatic carbocycles. The molecule has 0 saturated heterocycles. The predicted molar refractivity (Wildman–Crippen MR) is 242 cm³/mol. The van der Waals surface area contributed by atoms with Crippen LogP contribution in [-0.2, 0) is 4.74 Å². The molecule has 0 aromatic rings. The molecule has 4 nitrogen and oxygen atoms in total. The van der Waals surface area contributed by atoms with Crippen LogP contribution in [-0.4, -0.2) is 55.7 Å². The quantitative estimate of drug-likeness (QED) is 0.0461. The first-order chi connectivity index (χ1) is 26.5. The van der Waals surface area contributed by atoms with E-state index in [4.69, 9.17) is 4.74 Å². The molecule has 0 aromatic heterocycles. The van der Waals surface area contributed by atoms with Crippen molar-refractivity contribution in [2.24, 2.45) is 0 Å². The van der Waals surface area contributed by atoms with E-state index in [-0.39, 0.29) is 12.2 Å². The Morgan fingerprint density at radius 3 is 1.28 bits per heavy atom. The molecule has 0 heterocycles. The zero-order chi connectivity index (χ0) is 39.4. The molecule has 0 bridgehead atoms. The molecule has 0 aliphatic heterocycles. The molecule has 314 valence electrons. The van der Waals surface area contributed by atoms with E-state index in [9.17, 15) is 4.79 Å². The number of hydrogen-bond acceptors (Lipinski definition) is 3. The topological polar surface area (TPSA) is 32.8 Å². The van der Waals surface area contributed by atoms with E-state index in [0.717, 1.165) is 83.8 Å². The average Bonchev–Trinajstić information content (AvgIpc) is 3.16. The standard InChI is InChI=1S/C50H92N2O2/c1-6-9-12-15-17-19-21-23-25-26-28-30-32-34-36-38-41-45-49(44-40-37-35-33-31-29-27-24-22-20-18-16-13-10-7-2)54-50(53)52(48-43-46-51(4)5)47-42-39-14-11-8-3/h11,14,17-20,23-25,27,49H,6-10,12-13,15-16,21-22,26,28-48H2,1-5H3. The summed E-state index contributed by atoms with van der Waals surface area (Å²) in [5.74, 6) is 0. The number of hydrogen-bond donors (Lipinski definition) is 0. The second-order valence-corrected chi connectivity index (χ2v) is 15.9. The Hall–Kier alpha value is -2.07. The summed E-state index contributed by atoms with van der Waals surface area (Å²) < 4.78 is 6.33. The number of carbonyl (C=O) groups excluding carboxylic acids is 1. The second-order valence-electron chi connectivity index (χ2n) is 15.9. The van der Waals surface area contributed by atoms with Crippen molar-refractivity contribution in [2.75, 3.05) is 33.7 Å². The molecule has 0 aliphatic rings. The Morgan fingerprint density at radius 1 is 0.444 bits per heavy atom. The molecule has 4 heteroatoms. The Kier molecular flexibility index (Phi) is 42.0. The lowest BCUT2D eigenvalue weighted by Crippen LogP contribution is -2.37. The fourth-order valence-corrected chi connectivity index (χ4v) is 6.76. The van der Waals surface area contributed by atoms with Gasteiger partial charge in [0, 0.05) is 13.1 Å². The molecule has 0 rings (SSSR count). The summed E-state index contributed by atoms with van der Waals surface area (Å²) in [7, 11) is 4.21. The van der Waals surface area contributed by atoms with E-state index in [2.05, 4.69) is 101 Å². The number of amides is 1. The van der Waals surface area contributed by atoms with Crippen LogP contribution in [0.25, 0.3) is 0 Å². The monoisotopic (exact) mass is 753 g/mol. The van der Waals surface area contributed by atoms with E-state index in [1.807, 2.05) is 4.90 Å². The third kappa shape index (κ3) is 39.6. The number of rotatable bonds is 40. The van der Waals surface area contributed by atoms with Crippen molar-refractivity contribution in [3.8, 4) is 0 Å². The molecule has 0 aromatic carbocycles. The number of nitrogens with zero attached hydrogens (tertiary/aromatic N) is 2. The van der Waals surface area contributed by atoms with Crippen LogP contribution >= 0.6 is 0 Å². The van der Waals surface area contributed by atoms with Gasteiger partial charge in [-0.2, -0.15) is 0 Å². The molecule has 1 amide bonds. The Labute approximate surface area is 338 Å². The van der Waals surface area contributed by atoms with Crippen molar-refractivity contribution in [3.63, 3.8) is 0 Å². The molecule has 0 N–H and O–H groups in total. The third-order valence-electron chi connectivity index (χ3n) is 10.2. The summed E-state index contributed by atoms with van der Waals surface area (Å²) in [6.07, 6.45) is 59.5. The molecule has 1 atom stereocenters. The minimum Gasteiger partial charge on any atom is -0.446 e. The maximum Gasteiger partial charge on any atom is 0.410 e. The zero-order valence-corrected chi connectivity index (χ0v) is 36.9. The number of carbonyl (C=O) groups is 1. The maximum atomic E-state index is 13.5. The zero-order valence-electron chi connectivity index (χ0n) is 36.9. The highest BCUT2D eigenvalue weighted by molar-refractivity contribution is 5.67. The lowest BCUT2D eigenvalue weighted by Gasteiger charge is -2.26. The number of unbranched alkanes of at least 4 members (excludes halogenated alkanes) is 19. The summed E-state index contributed by atoms with van der Waals surface area (Å²) >= 11 is 0. The predicted octanol–water partition coefficient (Wildman–Crippen LogP) is 15.9. The van der Waals surface area contributed by atoms with Crippen LogP contribution in [0.5, 0.6) is 0 Å². The van der Waals surface area contributed by atoms with Gasteiger partial charge in [-0.1, -0.05) is 159 Å². The largest absolute Gasteiger partial charge is 0.446 e. The first-order valence-corrected chi connectivity index (χ1v) is 23.4.